The topological polar surface area (TPSA) is 72.7 Å². The summed E-state index contributed by atoms with van der Waals surface area (Å²) in [6.45, 7) is 5.81. The van der Waals surface area contributed by atoms with Crippen molar-refractivity contribution in [2.75, 3.05) is 5.32 Å². The maximum Gasteiger partial charge on any atom is 0.255 e. The lowest BCUT2D eigenvalue weighted by Crippen LogP contribution is -2.13. The van der Waals surface area contributed by atoms with Crippen LogP contribution >= 0.6 is 11.6 Å². The van der Waals surface area contributed by atoms with Crippen molar-refractivity contribution in [2.45, 2.75) is 20.8 Å². The molecule has 2 heterocycles. The molecule has 0 unspecified atom stereocenters. The predicted molar refractivity (Wildman–Crippen MR) is 92.8 cm³/mol. The van der Waals surface area contributed by atoms with Gasteiger partial charge in [0, 0.05) is 16.3 Å². The zero-order chi connectivity index (χ0) is 17.3. The lowest BCUT2D eigenvalue weighted by atomic mass is 10.2. The van der Waals surface area contributed by atoms with Gasteiger partial charge in [0.1, 0.15) is 5.82 Å². The van der Waals surface area contributed by atoms with E-state index in [2.05, 4.69) is 20.3 Å². The van der Waals surface area contributed by atoms with E-state index in [4.69, 9.17) is 11.6 Å². The molecule has 0 aliphatic heterocycles. The van der Waals surface area contributed by atoms with Crippen LogP contribution in [0.5, 0.6) is 0 Å². The molecule has 0 saturated heterocycles. The summed E-state index contributed by atoms with van der Waals surface area (Å²) in [4.78, 5) is 25.2. The van der Waals surface area contributed by atoms with Gasteiger partial charge in [-0.25, -0.2) is 15.0 Å². The minimum Gasteiger partial charge on any atom is -0.319 e. The Morgan fingerprint density at radius 2 is 1.71 bits per heavy atom. The average molecular weight is 342 g/mol. The normalized spacial score (nSPS) is 10.7. The molecular formula is C17H16ClN5O. The Hall–Kier alpha value is -2.73. The number of rotatable bonds is 3. The first kappa shape index (κ1) is 16.1. The van der Waals surface area contributed by atoms with Gasteiger partial charge in [0.2, 0.25) is 5.95 Å². The fourth-order valence-corrected chi connectivity index (χ4v) is 2.50. The monoisotopic (exact) mass is 341 g/mol. The molecule has 1 amide bonds. The number of carbonyl (C=O) groups is 1. The molecule has 6 nitrogen and oxygen atoms in total. The molecule has 0 bridgehead atoms. The zero-order valence-electron chi connectivity index (χ0n) is 13.5. The number of carbonyl (C=O) groups excluding carboxylic acids is 1. The predicted octanol–water partition coefficient (Wildman–Crippen LogP) is 3.49. The van der Waals surface area contributed by atoms with Crippen molar-refractivity contribution in [1.82, 2.24) is 19.5 Å². The van der Waals surface area contributed by atoms with Crippen LogP contribution in [0.2, 0.25) is 5.02 Å². The first-order valence-corrected chi connectivity index (χ1v) is 7.75. The highest BCUT2D eigenvalue weighted by Gasteiger charge is 2.12. The van der Waals surface area contributed by atoms with Gasteiger partial charge >= 0.3 is 0 Å². The van der Waals surface area contributed by atoms with E-state index < -0.39 is 0 Å². The van der Waals surface area contributed by atoms with E-state index in [-0.39, 0.29) is 5.91 Å². The van der Waals surface area contributed by atoms with Gasteiger partial charge in [0.05, 0.1) is 23.8 Å². The first-order valence-electron chi connectivity index (χ1n) is 7.37. The second kappa shape index (κ2) is 6.41. The van der Waals surface area contributed by atoms with Gasteiger partial charge < -0.3 is 5.32 Å². The van der Waals surface area contributed by atoms with Crippen LogP contribution in [0.15, 0.2) is 36.7 Å². The Balaban J connectivity index is 1.79. The quantitative estimate of drug-likeness (QED) is 0.791. The highest BCUT2D eigenvalue weighted by Crippen LogP contribution is 2.16. The number of imidazole rings is 1. The van der Waals surface area contributed by atoms with E-state index in [0.717, 1.165) is 17.2 Å². The van der Waals surface area contributed by atoms with Crippen LogP contribution in [-0.4, -0.2) is 25.4 Å². The molecule has 0 fully saturated rings. The molecule has 3 aromatic rings. The second-order valence-electron chi connectivity index (χ2n) is 5.40. The summed E-state index contributed by atoms with van der Waals surface area (Å²) in [5.41, 5.74) is 2.97. The summed E-state index contributed by atoms with van der Waals surface area (Å²) < 4.78 is 1.88. The van der Waals surface area contributed by atoms with E-state index >= 15 is 0 Å². The molecule has 0 aliphatic carbocycles. The van der Waals surface area contributed by atoms with Gasteiger partial charge in [0.25, 0.3) is 5.91 Å². The molecule has 0 atom stereocenters. The van der Waals surface area contributed by atoms with Gasteiger partial charge in [-0.3, -0.25) is 9.36 Å². The van der Waals surface area contributed by atoms with Gasteiger partial charge in [0.15, 0.2) is 0 Å². The number of anilines is 1. The van der Waals surface area contributed by atoms with Gasteiger partial charge in [-0.15, -0.1) is 0 Å². The SMILES string of the molecule is Cc1nc(C)n(-c2ncc(NC(=O)c3ccc(Cl)cc3)cn2)c1C. The molecule has 2 aromatic heterocycles. The largest absolute Gasteiger partial charge is 0.319 e. The van der Waals surface area contributed by atoms with Crippen molar-refractivity contribution in [2.24, 2.45) is 0 Å². The highest BCUT2D eigenvalue weighted by molar-refractivity contribution is 6.30. The van der Waals surface area contributed by atoms with Gasteiger partial charge in [-0.05, 0) is 45.0 Å². The van der Waals surface area contributed by atoms with Crippen molar-refractivity contribution in [3.05, 3.63) is 64.5 Å². The molecule has 122 valence electrons. The van der Waals surface area contributed by atoms with Crippen molar-refractivity contribution in [3.63, 3.8) is 0 Å². The number of nitrogens with zero attached hydrogens (tertiary/aromatic N) is 4. The number of halogens is 1. The van der Waals surface area contributed by atoms with Crippen LogP contribution in [0.4, 0.5) is 5.69 Å². The Labute approximate surface area is 144 Å². The van der Waals surface area contributed by atoms with Crippen molar-refractivity contribution in [3.8, 4) is 5.95 Å². The van der Waals surface area contributed by atoms with Crippen LogP contribution in [0, 0.1) is 20.8 Å². The molecule has 24 heavy (non-hydrogen) atoms. The Bertz CT molecular complexity index is 885. The van der Waals surface area contributed by atoms with Crippen molar-refractivity contribution in [1.29, 1.82) is 0 Å². The summed E-state index contributed by atoms with van der Waals surface area (Å²) in [6, 6.07) is 6.66. The molecule has 0 spiro atoms. The average Bonchev–Trinajstić information content (AvgIpc) is 2.81. The minimum atomic E-state index is -0.242. The minimum absolute atomic E-state index is 0.242. The van der Waals surface area contributed by atoms with Crippen LogP contribution in [-0.2, 0) is 0 Å². The second-order valence-corrected chi connectivity index (χ2v) is 5.83. The number of hydrogen-bond donors (Lipinski definition) is 1. The Morgan fingerprint density at radius 1 is 1.08 bits per heavy atom. The zero-order valence-corrected chi connectivity index (χ0v) is 14.3. The van der Waals surface area contributed by atoms with Crippen LogP contribution in [0.25, 0.3) is 5.95 Å². The third-order valence-electron chi connectivity index (χ3n) is 3.71. The molecule has 0 aliphatic rings. The van der Waals surface area contributed by atoms with E-state index in [1.54, 1.807) is 36.7 Å². The van der Waals surface area contributed by atoms with Crippen LogP contribution < -0.4 is 5.32 Å². The number of aryl methyl sites for hydroxylation is 2. The van der Waals surface area contributed by atoms with Crippen molar-refractivity contribution >= 4 is 23.2 Å². The van der Waals surface area contributed by atoms with Crippen molar-refractivity contribution < 1.29 is 4.79 Å². The van der Waals surface area contributed by atoms with E-state index in [1.165, 1.54) is 0 Å². The van der Waals surface area contributed by atoms with Crippen LogP contribution in [0.1, 0.15) is 27.6 Å². The molecule has 1 aromatic carbocycles. The summed E-state index contributed by atoms with van der Waals surface area (Å²) in [5.74, 6) is 1.10. The van der Waals surface area contributed by atoms with E-state index in [1.807, 2.05) is 25.3 Å². The number of nitrogens with one attached hydrogen (secondary N) is 1. The standard InChI is InChI=1S/C17H16ClN5O/c1-10-11(2)23(12(3)21-10)17-19-8-15(9-20-17)22-16(24)13-4-6-14(18)7-5-13/h4-9H,1-3H3,(H,22,24). The van der Waals surface area contributed by atoms with Gasteiger partial charge in [-0.2, -0.15) is 0 Å². The Morgan fingerprint density at radius 3 is 2.25 bits per heavy atom. The summed E-state index contributed by atoms with van der Waals surface area (Å²) in [7, 11) is 0. The number of amides is 1. The number of aromatic nitrogens is 4. The highest BCUT2D eigenvalue weighted by atomic mass is 35.5. The number of hydrogen-bond acceptors (Lipinski definition) is 4. The lowest BCUT2D eigenvalue weighted by molar-refractivity contribution is 0.102. The summed E-state index contributed by atoms with van der Waals surface area (Å²) >= 11 is 5.82. The summed E-state index contributed by atoms with van der Waals surface area (Å²) in [5, 5.41) is 3.34. The third-order valence-corrected chi connectivity index (χ3v) is 3.97. The third kappa shape index (κ3) is 3.14. The Kier molecular flexibility index (Phi) is 4.31. The van der Waals surface area contributed by atoms with Crippen LogP contribution in [0.3, 0.4) is 0 Å². The van der Waals surface area contributed by atoms with E-state index in [0.29, 0.717) is 22.2 Å². The summed E-state index contributed by atoms with van der Waals surface area (Å²) in [6.07, 6.45) is 3.15. The molecule has 3 rings (SSSR count). The maximum atomic E-state index is 12.2. The molecule has 0 radical (unpaired) electrons. The maximum absolute atomic E-state index is 12.2. The lowest BCUT2D eigenvalue weighted by Gasteiger charge is -2.08. The fourth-order valence-electron chi connectivity index (χ4n) is 2.38. The number of benzene rings is 1. The molecule has 7 heteroatoms. The van der Waals surface area contributed by atoms with E-state index in [9.17, 15) is 4.79 Å². The molecule has 1 N–H and O–H groups in total. The fraction of sp³-hybridized carbons (Fsp3) is 0.176. The first-order chi connectivity index (χ1) is 11.5. The smallest absolute Gasteiger partial charge is 0.255 e. The molecule has 0 saturated carbocycles. The molecular weight excluding hydrogens is 326 g/mol. The van der Waals surface area contributed by atoms with Gasteiger partial charge in [-0.1, -0.05) is 11.6 Å².